The van der Waals surface area contributed by atoms with Crippen LogP contribution in [0.5, 0.6) is 0 Å². The fourth-order valence-corrected chi connectivity index (χ4v) is 5.13. The maximum Gasteiger partial charge on any atom is 0.123 e. The zero-order chi connectivity index (χ0) is 12.6. The molecule has 0 fully saturated rings. The van der Waals surface area contributed by atoms with Crippen LogP contribution in [0.3, 0.4) is 0 Å². The van der Waals surface area contributed by atoms with Gasteiger partial charge < -0.3 is 0 Å². The molecule has 0 saturated carbocycles. The lowest BCUT2D eigenvalue weighted by Crippen LogP contribution is -1.96. The van der Waals surface area contributed by atoms with Gasteiger partial charge in [0.1, 0.15) is 5.82 Å². The third kappa shape index (κ3) is 2.92. The predicted octanol–water partition coefficient (Wildman–Crippen LogP) is 6.05. The minimum Gasteiger partial charge on any atom is -0.207 e. The van der Waals surface area contributed by atoms with E-state index in [2.05, 4.69) is 31.9 Å². The van der Waals surface area contributed by atoms with Gasteiger partial charge in [0.05, 0.1) is 12.9 Å². The summed E-state index contributed by atoms with van der Waals surface area (Å²) >= 11 is 14.9. The van der Waals surface area contributed by atoms with E-state index in [1.165, 1.54) is 12.1 Å². The molecule has 0 amide bonds. The third-order valence-electron chi connectivity index (χ3n) is 2.46. The Morgan fingerprint density at radius 1 is 1.24 bits per heavy atom. The van der Waals surface area contributed by atoms with Gasteiger partial charge in [0.2, 0.25) is 0 Å². The van der Waals surface area contributed by atoms with Crippen LogP contribution in [0.25, 0.3) is 0 Å². The smallest absolute Gasteiger partial charge is 0.123 e. The molecule has 2 aromatic rings. The van der Waals surface area contributed by atoms with Crippen LogP contribution in [-0.2, 0) is 0 Å². The summed E-state index contributed by atoms with van der Waals surface area (Å²) in [4.78, 5) is 0. The number of rotatable bonds is 2. The van der Waals surface area contributed by atoms with Crippen molar-refractivity contribution in [1.82, 2.24) is 0 Å². The number of alkyl halides is 1. The lowest BCUT2D eigenvalue weighted by atomic mass is 10.0. The number of halogens is 4. The highest BCUT2D eigenvalue weighted by Gasteiger charge is 2.18. The number of hydrogen-bond donors (Lipinski definition) is 0. The lowest BCUT2D eigenvalue weighted by molar-refractivity contribution is 0.625. The molecule has 1 heterocycles. The van der Waals surface area contributed by atoms with Gasteiger partial charge in [0.25, 0.3) is 0 Å². The van der Waals surface area contributed by atoms with Crippen LogP contribution in [-0.4, -0.2) is 0 Å². The van der Waals surface area contributed by atoms with Crippen molar-refractivity contribution < 1.29 is 4.39 Å². The van der Waals surface area contributed by atoms with E-state index in [1.54, 1.807) is 17.4 Å². The summed E-state index contributed by atoms with van der Waals surface area (Å²) in [6, 6.07) is 6.66. The van der Waals surface area contributed by atoms with Gasteiger partial charge in [0, 0.05) is 5.56 Å². The second kappa shape index (κ2) is 5.39. The first-order valence-electron chi connectivity index (χ1n) is 4.84. The van der Waals surface area contributed by atoms with E-state index in [-0.39, 0.29) is 11.2 Å². The summed E-state index contributed by atoms with van der Waals surface area (Å²) in [5.74, 6) is -0.235. The second-order valence-electron chi connectivity index (χ2n) is 3.64. The number of hydrogen-bond acceptors (Lipinski definition) is 1. The van der Waals surface area contributed by atoms with Crippen molar-refractivity contribution in [2.75, 3.05) is 0 Å². The molecule has 0 aliphatic heterocycles. The standard InChI is InChI=1S/C12H8Br2ClFS/c1-6-4-7(16)2-3-8(6)11(15)9-5-10(13)17-12(9)14/h2-5,11H,1H3. The van der Waals surface area contributed by atoms with E-state index >= 15 is 0 Å². The SMILES string of the molecule is Cc1cc(F)ccc1C(Cl)c1cc(Br)sc1Br. The van der Waals surface area contributed by atoms with E-state index in [0.717, 1.165) is 24.3 Å². The van der Waals surface area contributed by atoms with Gasteiger partial charge in [-0.2, -0.15) is 0 Å². The molecule has 90 valence electrons. The van der Waals surface area contributed by atoms with Crippen molar-refractivity contribution in [2.45, 2.75) is 12.3 Å². The number of thiophene rings is 1. The molecule has 0 bridgehead atoms. The monoisotopic (exact) mass is 396 g/mol. The van der Waals surface area contributed by atoms with Crippen LogP contribution in [0, 0.1) is 12.7 Å². The van der Waals surface area contributed by atoms with Gasteiger partial charge in [0.15, 0.2) is 0 Å². The van der Waals surface area contributed by atoms with Crippen LogP contribution in [0.2, 0.25) is 0 Å². The molecule has 1 atom stereocenters. The van der Waals surface area contributed by atoms with Crippen LogP contribution >= 0.6 is 54.8 Å². The fourth-order valence-electron chi connectivity index (χ4n) is 1.62. The summed E-state index contributed by atoms with van der Waals surface area (Å²) in [6.45, 7) is 1.86. The first kappa shape index (κ1) is 13.5. The second-order valence-corrected chi connectivity index (χ2v) is 7.83. The van der Waals surface area contributed by atoms with Crippen molar-refractivity contribution >= 4 is 54.8 Å². The minimum atomic E-state index is -0.271. The highest BCUT2D eigenvalue weighted by molar-refractivity contribution is 9.12. The topological polar surface area (TPSA) is 0 Å². The Labute approximate surface area is 125 Å². The fraction of sp³-hybridized carbons (Fsp3) is 0.167. The summed E-state index contributed by atoms with van der Waals surface area (Å²) in [6.07, 6.45) is 0. The molecule has 5 heteroatoms. The van der Waals surface area contributed by atoms with Crippen molar-refractivity contribution in [1.29, 1.82) is 0 Å². The molecule has 0 nitrogen and oxygen atoms in total. The molecular weight excluding hydrogens is 390 g/mol. The Morgan fingerprint density at radius 2 is 1.94 bits per heavy atom. The summed E-state index contributed by atoms with van der Waals surface area (Å²) < 4.78 is 15.1. The third-order valence-corrected chi connectivity index (χ3v) is 5.32. The highest BCUT2D eigenvalue weighted by Crippen LogP contribution is 2.41. The summed E-state index contributed by atoms with van der Waals surface area (Å²) in [7, 11) is 0. The Hall–Kier alpha value is 0.1000. The molecular formula is C12H8Br2ClFS. The first-order chi connectivity index (χ1) is 7.99. The molecule has 0 spiro atoms. The Bertz CT molecular complexity index is 553. The molecule has 2 rings (SSSR count). The maximum atomic E-state index is 13.0. The minimum absolute atomic E-state index is 0.235. The van der Waals surface area contributed by atoms with Crippen LogP contribution in [0.1, 0.15) is 22.1 Å². The van der Waals surface area contributed by atoms with Gasteiger partial charge in [-0.25, -0.2) is 4.39 Å². The zero-order valence-electron chi connectivity index (χ0n) is 8.81. The molecule has 1 unspecified atom stereocenters. The van der Waals surface area contributed by atoms with E-state index < -0.39 is 0 Å². The van der Waals surface area contributed by atoms with Crippen LogP contribution in [0.4, 0.5) is 4.39 Å². The molecule has 0 aliphatic carbocycles. The largest absolute Gasteiger partial charge is 0.207 e. The van der Waals surface area contributed by atoms with Crippen molar-refractivity contribution in [2.24, 2.45) is 0 Å². The Balaban J connectivity index is 2.43. The predicted molar refractivity (Wildman–Crippen MR) is 78.6 cm³/mol. The van der Waals surface area contributed by atoms with E-state index in [4.69, 9.17) is 11.6 Å². The van der Waals surface area contributed by atoms with Crippen LogP contribution < -0.4 is 0 Å². The van der Waals surface area contributed by atoms with E-state index in [1.807, 2.05) is 13.0 Å². The van der Waals surface area contributed by atoms with Crippen LogP contribution in [0.15, 0.2) is 31.8 Å². The van der Waals surface area contributed by atoms with Gasteiger partial charge in [-0.1, -0.05) is 6.07 Å². The van der Waals surface area contributed by atoms with E-state index in [9.17, 15) is 4.39 Å². The number of aryl methyl sites for hydroxylation is 1. The van der Waals surface area contributed by atoms with Gasteiger partial charge in [-0.05, 0) is 68.1 Å². The molecule has 1 aromatic heterocycles. The molecule has 0 radical (unpaired) electrons. The Kier molecular flexibility index (Phi) is 4.29. The molecule has 1 aromatic carbocycles. The Morgan fingerprint density at radius 3 is 2.47 bits per heavy atom. The normalized spacial score (nSPS) is 12.8. The van der Waals surface area contributed by atoms with Gasteiger partial charge in [-0.3, -0.25) is 0 Å². The molecule has 0 aliphatic rings. The average Bonchev–Trinajstić information content (AvgIpc) is 2.57. The summed E-state index contributed by atoms with van der Waals surface area (Å²) in [5.41, 5.74) is 2.79. The van der Waals surface area contributed by atoms with E-state index in [0.29, 0.717) is 0 Å². The maximum absolute atomic E-state index is 13.0. The average molecular weight is 399 g/mol. The quantitative estimate of drug-likeness (QED) is 0.540. The lowest BCUT2D eigenvalue weighted by Gasteiger charge is -2.12. The summed E-state index contributed by atoms with van der Waals surface area (Å²) in [5, 5.41) is -0.271. The molecule has 17 heavy (non-hydrogen) atoms. The van der Waals surface area contributed by atoms with Gasteiger partial charge in [-0.15, -0.1) is 22.9 Å². The first-order valence-corrected chi connectivity index (χ1v) is 7.68. The van der Waals surface area contributed by atoms with Crippen molar-refractivity contribution in [3.8, 4) is 0 Å². The molecule has 0 N–H and O–H groups in total. The molecule has 0 saturated heterocycles. The number of benzene rings is 1. The van der Waals surface area contributed by atoms with Gasteiger partial charge >= 0.3 is 0 Å². The van der Waals surface area contributed by atoms with Crippen molar-refractivity contribution in [3.63, 3.8) is 0 Å². The van der Waals surface area contributed by atoms with Crippen molar-refractivity contribution in [3.05, 3.63) is 54.3 Å². The zero-order valence-corrected chi connectivity index (χ0v) is 13.6. The highest BCUT2D eigenvalue weighted by atomic mass is 79.9.